The van der Waals surface area contributed by atoms with Gasteiger partial charge < -0.3 is 14.5 Å². The quantitative estimate of drug-likeness (QED) is 0.433. The number of halogens is 4. The van der Waals surface area contributed by atoms with E-state index >= 15 is 0 Å². The number of nitrogens with one attached hydrogen (secondary N) is 1. The number of fused-ring (bicyclic) bond motifs is 2. The molecule has 1 aliphatic heterocycles. The van der Waals surface area contributed by atoms with Crippen molar-refractivity contribution in [3.8, 4) is 34.1 Å². The molecule has 1 aliphatic rings. The number of aromatic amines is 1. The van der Waals surface area contributed by atoms with Crippen molar-refractivity contribution in [2.45, 2.75) is 39.5 Å². The third kappa shape index (κ3) is 3.26. The van der Waals surface area contributed by atoms with Crippen LogP contribution in [0.2, 0.25) is 0 Å². The first kappa shape index (κ1) is 20.3. The largest absolute Gasteiger partial charge is 0.477 e. The van der Waals surface area contributed by atoms with Crippen LogP contribution in [0.4, 0.5) is 17.6 Å². The molecule has 0 aromatic carbocycles. The summed E-state index contributed by atoms with van der Waals surface area (Å²) in [7, 11) is 0. The van der Waals surface area contributed by atoms with Gasteiger partial charge in [0.1, 0.15) is 11.3 Å². The molecule has 8 nitrogen and oxygen atoms in total. The van der Waals surface area contributed by atoms with Crippen molar-refractivity contribution in [1.82, 2.24) is 29.5 Å². The van der Waals surface area contributed by atoms with Gasteiger partial charge in [-0.15, -0.1) is 5.10 Å². The highest BCUT2D eigenvalue weighted by Crippen LogP contribution is 2.47. The van der Waals surface area contributed by atoms with E-state index in [2.05, 4.69) is 24.9 Å². The molecule has 32 heavy (non-hydrogen) atoms. The van der Waals surface area contributed by atoms with E-state index in [4.69, 9.17) is 4.74 Å². The number of ether oxygens (including phenoxy) is 2. The Morgan fingerprint density at radius 3 is 2.81 bits per heavy atom. The number of aryl methyl sites for hydroxylation is 2. The molecule has 0 fully saturated rings. The molecule has 0 radical (unpaired) electrons. The van der Waals surface area contributed by atoms with Crippen LogP contribution < -0.4 is 9.47 Å². The van der Waals surface area contributed by atoms with E-state index in [1.54, 1.807) is 19.1 Å². The van der Waals surface area contributed by atoms with Crippen LogP contribution >= 0.6 is 0 Å². The van der Waals surface area contributed by atoms with E-state index < -0.39 is 18.7 Å². The summed E-state index contributed by atoms with van der Waals surface area (Å²) >= 11 is 0. The number of aromatic nitrogens is 6. The van der Waals surface area contributed by atoms with Gasteiger partial charge >= 0.3 is 6.61 Å². The van der Waals surface area contributed by atoms with Crippen LogP contribution in [0, 0.1) is 0 Å². The molecule has 5 heterocycles. The molecule has 0 unspecified atom stereocenters. The minimum Gasteiger partial charge on any atom is -0.477 e. The normalized spacial score (nSPS) is 13.7. The Hall–Kier alpha value is -3.57. The van der Waals surface area contributed by atoms with Gasteiger partial charge in [-0.1, -0.05) is 0 Å². The second-order valence-corrected chi connectivity index (χ2v) is 7.15. The third-order valence-electron chi connectivity index (χ3n) is 5.23. The van der Waals surface area contributed by atoms with Gasteiger partial charge in [-0.3, -0.25) is 4.68 Å². The molecule has 12 heteroatoms. The predicted octanol–water partition coefficient (Wildman–Crippen LogP) is 4.63. The molecule has 0 bridgehead atoms. The highest BCUT2D eigenvalue weighted by atomic mass is 19.3. The van der Waals surface area contributed by atoms with Gasteiger partial charge in [-0.25, -0.2) is 18.4 Å². The number of hydrogen-bond donors (Lipinski definition) is 1. The summed E-state index contributed by atoms with van der Waals surface area (Å²) in [5.41, 5.74) is 0.800. The lowest BCUT2D eigenvalue weighted by atomic mass is 10.0. The smallest absolute Gasteiger partial charge is 0.388 e. The van der Waals surface area contributed by atoms with E-state index in [9.17, 15) is 17.6 Å². The molecule has 5 rings (SSSR count). The van der Waals surface area contributed by atoms with Crippen LogP contribution in [0.25, 0.3) is 33.4 Å². The molecule has 168 valence electrons. The van der Waals surface area contributed by atoms with Crippen LogP contribution in [-0.4, -0.2) is 42.7 Å². The summed E-state index contributed by atoms with van der Waals surface area (Å²) in [5, 5.41) is 8.67. The van der Waals surface area contributed by atoms with Crippen molar-refractivity contribution in [1.29, 1.82) is 0 Å². The molecule has 0 atom stereocenters. The van der Waals surface area contributed by atoms with Gasteiger partial charge in [-0.2, -0.15) is 13.9 Å². The summed E-state index contributed by atoms with van der Waals surface area (Å²) in [6.45, 7) is -0.148. The van der Waals surface area contributed by atoms with Crippen molar-refractivity contribution in [2.75, 3.05) is 6.61 Å². The summed E-state index contributed by atoms with van der Waals surface area (Å²) in [4.78, 5) is 7.34. The molecule has 4 aromatic rings. The van der Waals surface area contributed by atoms with Crippen molar-refractivity contribution >= 4 is 11.0 Å². The standard InChI is InChI=1S/C20H18F4N6O2/c1-2-29-9-11(18(28-29)32-20(23)24)12-10-5-3-6-25-17(10)26-14(12)13-15(16(21)22)27-30-7-4-8-31-19(13)30/h3,5-6,9,16,20H,2,4,7-8H2,1H3,(H,25,26). The Labute approximate surface area is 178 Å². The highest BCUT2D eigenvalue weighted by Gasteiger charge is 2.33. The fourth-order valence-corrected chi connectivity index (χ4v) is 3.93. The van der Waals surface area contributed by atoms with Crippen LogP contribution in [-0.2, 0) is 13.1 Å². The molecular weight excluding hydrogens is 432 g/mol. The lowest BCUT2D eigenvalue weighted by molar-refractivity contribution is -0.0528. The predicted molar refractivity (Wildman–Crippen MR) is 106 cm³/mol. The maximum Gasteiger partial charge on any atom is 0.388 e. The maximum absolute atomic E-state index is 14.0. The first-order chi connectivity index (χ1) is 15.5. The van der Waals surface area contributed by atoms with E-state index in [1.807, 2.05) is 0 Å². The number of alkyl halides is 4. The first-order valence-electron chi connectivity index (χ1n) is 9.99. The maximum atomic E-state index is 14.0. The average molecular weight is 450 g/mol. The van der Waals surface area contributed by atoms with Crippen molar-refractivity contribution in [3.05, 3.63) is 30.2 Å². The zero-order chi connectivity index (χ0) is 22.4. The second-order valence-electron chi connectivity index (χ2n) is 7.15. The highest BCUT2D eigenvalue weighted by molar-refractivity contribution is 6.04. The van der Waals surface area contributed by atoms with E-state index in [0.717, 1.165) is 0 Å². The zero-order valence-electron chi connectivity index (χ0n) is 16.9. The number of pyridine rings is 1. The Kier molecular flexibility index (Phi) is 4.98. The Morgan fingerprint density at radius 1 is 1.22 bits per heavy atom. The average Bonchev–Trinajstić information content (AvgIpc) is 3.45. The van der Waals surface area contributed by atoms with Crippen molar-refractivity contribution in [2.24, 2.45) is 0 Å². The number of H-pyrrole nitrogens is 1. The molecular formula is C20H18F4N6O2. The van der Waals surface area contributed by atoms with Crippen LogP contribution in [0.15, 0.2) is 24.5 Å². The van der Waals surface area contributed by atoms with Gasteiger partial charge in [0.2, 0.25) is 11.8 Å². The second kappa shape index (κ2) is 7.84. The summed E-state index contributed by atoms with van der Waals surface area (Å²) in [5.74, 6) is -0.119. The van der Waals surface area contributed by atoms with E-state index in [0.29, 0.717) is 42.7 Å². The molecule has 1 N–H and O–H groups in total. The molecule has 0 saturated heterocycles. The summed E-state index contributed by atoms with van der Waals surface area (Å²) < 4.78 is 67.4. The van der Waals surface area contributed by atoms with E-state index in [1.165, 1.54) is 21.8 Å². The molecule has 4 aromatic heterocycles. The monoisotopic (exact) mass is 450 g/mol. The third-order valence-corrected chi connectivity index (χ3v) is 5.23. The zero-order valence-corrected chi connectivity index (χ0v) is 16.9. The van der Waals surface area contributed by atoms with Crippen molar-refractivity contribution in [3.63, 3.8) is 0 Å². The SMILES string of the molecule is CCn1cc(-c2c(-c3c(C(F)F)nn4c3OCCC4)[nH]c3ncccc23)c(OC(F)F)n1. The fraction of sp³-hybridized carbons (Fsp3) is 0.350. The van der Waals surface area contributed by atoms with Gasteiger partial charge in [-0.05, 0) is 19.1 Å². The van der Waals surface area contributed by atoms with Gasteiger partial charge in [0.05, 0.1) is 23.4 Å². The minimum absolute atomic E-state index is 0.0694. The van der Waals surface area contributed by atoms with Gasteiger partial charge in [0.15, 0.2) is 0 Å². The van der Waals surface area contributed by atoms with Gasteiger partial charge in [0, 0.05) is 42.9 Å². The fourth-order valence-electron chi connectivity index (χ4n) is 3.93. The molecule has 0 aliphatic carbocycles. The van der Waals surface area contributed by atoms with Crippen LogP contribution in [0.5, 0.6) is 11.8 Å². The Morgan fingerprint density at radius 2 is 2.06 bits per heavy atom. The first-order valence-corrected chi connectivity index (χ1v) is 9.99. The minimum atomic E-state index is -3.11. The van der Waals surface area contributed by atoms with E-state index in [-0.39, 0.29) is 28.6 Å². The topological polar surface area (TPSA) is 82.8 Å². The van der Waals surface area contributed by atoms with Crippen LogP contribution in [0.1, 0.15) is 25.5 Å². The lowest BCUT2D eigenvalue weighted by Gasteiger charge is -2.16. The number of hydrogen-bond acceptors (Lipinski definition) is 5. The molecule has 0 saturated carbocycles. The van der Waals surface area contributed by atoms with Gasteiger partial charge in [0.25, 0.3) is 6.43 Å². The Balaban J connectivity index is 1.83. The van der Waals surface area contributed by atoms with Crippen LogP contribution in [0.3, 0.4) is 0 Å². The summed E-state index contributed by atoms with van der Waals surface area (Å²) in [6, 6.07) is 3.38. The molecule has 0 spiro atoms. The number of nitrogens with zero attached hydrogens (tertiary/aromatic N) is 5. The Bertz CT molecular complexity index is 1280. The van der Waals surface area contributed by atoms with Crippen molar-refractivity contribution < 1.29 is 27.0 Å². The number of rotatable bonds is 6. The summed E-state index contributed by atoms with van der Waals surface area (Å²) in [6.07, 6.45) is 0.828. The molecule has 0 amide bonds. The lowest BCUT2D eigenvalue weighted by Crippen LogP contribution is -2.15.